The largest absolute Gasteiger partial charge is 0.481 e. The predicted octanol–water partition coefficient (Wildman–Crippen LogP) is 2.06. The molecule has 1 rings (SSSR count). The van der Waals surface area contributed by atoms with Crippen molar-refractivity contribution in [3.05, 3.63) is 27.8 Å². The lowest BCUT2D eigenvalue weighted by molar-refractivity contribution is -0.137. The molecule has 0 spiro atoms. The van der Waals surface area contributed by atoms with E-state index in [2.05, 4.69) is 27.9 Å². The zero-order valence-corrected chi connectivity index (χ0v) is 13.4. The van der Waals surface area contributed by atoms with E-state index in [1.54, 1.807) is 11.9 Å². The molecule has 0 aliphatic carbocycles. The molecule has 2 N–H and O–H groups in total. The number of carbonyl (C=O) groups excluding carboxylic acids is 1. The van der Waals surface area contributed by atoms with Crippen molar-refractivity contribution in [2.75, 3.05) is 25.5 Å². The predicted molar refractivity (Wildman–Crippen MR) is 84.8 cm³/mol. The van der Waals surface area contributed by atoms with Crippen LogP contribution in [-0.2, 0) is 9.59 Å². The van der Waals surface area contributed by atoms with Crippen LogP contribution in [0.1, 0.15) is 6.42 Å². The summed E-state index contributed by atoms with van der Waals surface area (Å²) in [5, 5.41) is 11.3. The Morgan fingerprint density at radius 3 is 2.68 bits per heavy atom. The lowest BCUT2D eigenvalue weighted by Crippen LogP contribution is -2.31. The Labute approximate surface area is 131 Å². The average molecular weight is 399 g/mol. The van der Waals surface area contributed by atoms with Gasteiger partial charge in [-0.1, -0.05) is 6.07 Å². The van der Waals surface area contributed by atoms with Crippen molar-refractivity contribution in [3.8, 4) is 0 Å². The molecule has 0 fully saturated rings. The van der Waals surface area contributed by atoms with Crippen LogP contribution in [0.3, 0.4) is 0 Å². The third-order valence-corrected chi connectivity index (χ3v) is 2.90. The van der Waals surface area contributed by atoms with Gasteiger partial charge in [-0.2, -0.15) is 0 Å². The molecule has 0 unspecified atom stereocenters. The number of hydrogen-bond acceptors (Lipinski definition) is 3. The lowest BCUT2D eigenvalue weighted by Gasteiger charge is -2.15. The summed E-state index contributed by atoms with van der Waals surface area (Å²) in [6, 6.07) is 7.49. The van der Waals surface area contributed by atoms with Crippen molar-refractivity contribution in [1.29, 1.82) is 0 Å². The second-order valence-electron chi connectivity index (χ2n) is 3.94. The number of hydrogen-bond donors (Lipinski definition) is 2. The molecule has 5 nitrogen and oxygen atoms in total. The van der Waals surface area contributed by atoms with Crippen molar-refractivity contribution >= 4 is 52.6 Å². The maximum Gasteiger partial charge on any atom is 0.304 e. The van der Waals surface area contributed by atoms with E-state index in [-0.39, 0.29) is 31.3 Å². The molecule has 0 radical (unpaired) electrons. The first-order valence-corrected chi connectivity index (χ1v) is 6.51. The first-order chi connectivity index (χ1) is 8.47. The number of carbonyl (C=O) groups is 2. The highest BCUT2D eigenvalue weighted by Crippen LogP contribution is 2.12. The lowest BCUT2D eigenvalue weighted by atomic mass is 10.3. The Kier molecular flexibility index (Phi) is 8.70. The number of carboxylic acids is 1. The molecule has 19 heavy (non-hydrogen) atoms. The van der Waals surface area contributed by atoms with Gasteiger partial charge in [-0.25, -0.2) is 0 Å². The number of nitrogens with zero attached hydrogens (tertiary/aromatic N) is 1. The summed E-state index contributed by atoms with van der Waals surface area (Å²) >= 11 is 2.17. The smallest absolute Gasteiger partial charge is 0.304 e. The topological polar surface area (TPSA) is 69.6 Å². The van der Waals surface area contributed by atoms with E-state index in [4.69, 9.17) is 5.11 Å². The van der Waals surface area contributed by atoms with Crippen LogP contribution in [0.15, 0.2) is 24.3 Å². The maximum absolute atomic E-state index is 11.7. The summed E-state index contributed by atoms with van der Waals surface area (Å²) in [4.78, 5) is 23.7. The van der Waals surface area contributed by atoms with Crippen LogP contribution in [0.2, 0.25) is 0 Å². The number of anilines is 1. The fourth-order valence-corrected chi connectivity index (χ4v) is 1.92. The number of halogens is 2. The first-order valence-electron chi connectivity index (χ1n) is 5.43. The third kappa shape index (κ3) is 8.02. The second kappa shape index (κ2) is 9.11. The van der Waals surface area contributed by atoms with E-state index in [1.807, 2.05) is 24.3 Å². The summed E-state index contributed by atoms with van der Waals surface area (Å²) < 4.78 is 1.05. The van der Waals surface area contributed by atoms with Crippen LogP contribution in [0.4, 0.5) is 5.69 Å². The Hall–Kier alpha value is -0.860. The molecule has 0 bridgehead atoms. The third-order valence-electron chi connectivity index (χ3n) is 2.23. The highest BCUT2D eigenvalue weighted by atomic mass is 127. The van der Waals surface area contributed by atoms with Gasteiger partial charge in [0.25, 0.3) is 0 Å². The van der Waals surface area contributed by atoms with Gasteiger partial charge in [-0.15, -0.1) is 12.4 Å². The molecule has 7 heteroatoms. The summed E-state index contributed by atoms with van der Waals surface area (Å²) in [6.45, 7) is 0.536. The molecule has 0 heterocycles. The molecule has 0 aliphatic heterocycles. The van der Waals surface area contributed by atoms with Crippen LogP contribution < -0.4 is 5.32 Å². The minimum absolute atomic E-state index is 0. The highest BCUT2D eigenvalue weighted by Gasteiger charge is 2.08. The minimum Gasteiger partial charge on any atom is -0.481 e. The number of nitrogens with one attached hydrogen (secondary N) is 1. The van der Waals surface area contributed by atoms with Crippen LogP contribution in [-0.4, -0.2) is 42.0 Å². The van der Waals surface area contributed by atoms with Gasteiger partial charge in [0.05, 0.1) is 13.0 Å². The van der Waals surface area contributed by atoms with E-state index < -0.39 is 5.97 Å². The van der Waals surface area contributed by atoms with Crippen molar-refractivity contribution in [1.82, 2.24) is 4.90 Å². The van der Waals surface area contributed by atoms with Gasteiger partial charge in [0.15, 0.2) is 0 Å². The van der Waals surface area contributed by atoms with Crippen LogP contribution >= 0.6 is 35.0 Å². The fraction of sp³-hybridized carbons (Fsp3) is 0.333. The van der Waals surface area contributed by atoms with Gasteiger partial charge in [0, 0.05) is 15.8 Å². The summed E-state index contributed by atoms with van der Waals surface area (Å²) in [6.07, 6.45) is 0.0347. The van der Waals surface area contributed by atoms with Crippen molar-refractivity contribution < 1.29 is 14.7 Å². The molecule has 106 valence electrons. The van der Waals surface area contributed by atoms with Crippen LogP contribution in [0.25, 0.3) is 0 Å². The summed E-state index contributed by atoms with van der Waals surface area (Å²) in [7, 11) is 1.72. The van der Waals surface area contributed by atoms with Gasteiger partial charge in [0.2, 0.25) is 5.91 Å². The Bertz CT molecular complexity index is 443. The van der Waals surface area contributed by atoms with Gasteiger partial charge < -0.3 is 10.4 Å². The quantitative estimate of drug-likeness (QED) is 0.720. The van der Waals surface area contributed by atoms with E-state index >= 15 is 0 Å². The van der Waals surface area contributed by atoms with Crippen LogP contribution in [0, 0.1) is 3.57 Å². The average Bonchev–Trinajstić information content (AvgIpc) is 2.26. The number of benzene rings is 1. The Balaban J connectivity index is 0.00000324. The van der Waals surface area contributed by atoms with Gasteiger partial charge in [-0.3, -0.25) is 14.5 Å². The van der Waals surface area contributed by atoms with Gasteiger partial charge in [-0.05, 0) is 47.8 Å². The van der Waals surface area contributed by atoms with Gasteiger partial charge >= 0.3 is 5.97 Å². The SMILES string of the molecule is CN(CCC(=O)O)CC(=O)Nc1cccc(I)c1.Cl. The number of carboxylic acid groups (broad SMARTS) is 1. The van der Waals surface area contributed by atoms with E-state index in [1.165, 1.54) is 0 Å². The molecule has 1 aromatic carbocycles. The number of rotatable bonds is 6. The van der Waals surface area contributed by atoms with Gasteiger partial charge in [0.1, 0.15) is 0 Å². The Morgan fingerprint density at radius 1 is 1.42 bits per heavy atom. The zero-order valence-electron chi connectivity index (χ0n) is 10.4. The molecule has 1 amide bonds. The molecule has 1 aromatic rings. The normalized spacial score (nSPS) is 9.84. The van der Waals surface area contributed by atoms with Crippen LogP contribution in [0.5, 0.6) is 0 Å². The second-order valence-corrected chi connectivity index (χ2v) is 5.19. The number of aliphatic carboxylic acids is 1. The van der Waals surface area contributed by atoms with E-state index in [0.29, 0.717) is 6.54 Å². The molecule has 0 saturated heterocycles. The molecule has 0 saturated carbocycles. The maximum atomic E-state index is 11.7. The molecule has 0 aromatic heterocycles. The van der Waals surface area contributed by atoms with E-state index in [9.17, 15) is 9.59 Å². The molecule has 0 aliphatic rings. The minimum atomic E-state index is -0.861. The highest BCUT2D eigenvalue weighted by molar-refractivity contribution is 14.1. The zero-order chi connectivity index (χ0) is 13.5. The first kappa shape index (κ1) is 18.1. The monoisotopic (exact) mass is 398 g/mol. The Morgan fingerprint density at radius 2 is 2.11 bits per heavy atom. The number of likely N-dealkylation sites (N-methyl/N-ethyl adjacent to an activating group) is 1. The standard InChI is InChI=1S/C12H15IN2O3.ClH/c1-15(6-5-12(17)18)8-11(16)14-10-4-2-3-9(13)7-10;/h2-4,7H,5-6,8H2,1H3,(H,14,16)(H,17,18);1H. The molecule has 0 atom stereocenters. The molecular weight excluding hydrogens is 382 g/mol. The van der Waals surface area contributed by atoms with E-state index in [0.717, 1.165) is 9.26 Å². The molecular formula is C12H16ClIN2O3. The fourth-order valence-electron chi connectivity index (χ4n) is 1.38. The summed E-state index contributed by atoms with van der Waals surface area (Å²) in [5.41, 5.74) is 0.749. The van der Waals surface area contributed by atoms with Crippen molar-refractivity contribution in [2.45, 2.75) is 6.42 Å². The van der Waals surface area contributed by atoms with Crippen molar-refractivity contribution in [2.24, 2.45) is 0 Å². The van der Waals surface area contributed by atoms with Crippen molar-refractivity contribution in [3.63, 3.8) is 0 Å². The summed E-state index contributed by atoms with van der Waals surface area (Å²) in [5.74, 6) is -1.01. The number of amides is 1.